The van der Waals surface area contributed by atoms with Crippen LogP contribution < -0.4 is 5.32 Å². The van der Waals surface area contributed by atoms with Crippen LogP contribution >= 0.6 is 0 Å². The lowest BCUT2D eigenvalue weighted by Gasteiger charge is -2.02. The lowest BCUT2D eigenvalue weighted by atomic mass is 10.3. The van der Waals surface area contributed by atoms with Crippen molar-refractivity contribution < 1.29 is 0 Å². The third-order valence-corrected chi connectivity index (χ3v) is 1.46. The van der Waals surface area contributed by atoms with Crippen LogP contribution in [0.4, 0.5) is 5.82 Å². The molecule has 1 N–H and O–H groups in total. The van der Waals surface area contributed by atoms with Gasteiger partial charge in [0.05, 0.1) is 18.1 Å². The molecule has 1 aromatic rings. The Morgan fingerprint density at radius 3 is 3.00 bits per heavy atom. The van der Waals surface area contributed by atoms with Gasteiger partial charge in [0.25, 0.3) is 0 Å². The Kier molecular flexibility index (Phi) is 3.29. The highest BCUT2D eigenvalue weighted by molar-refractivity contribution is 5.51. The van der Waals surface area contributed by atoms with Crippen molar-refractivity contribution in [2.45, 2.75) is 6.42 Å². The molecular formula is C9H8N4. The molecule has 0 saturated carbocycles. The van der Waals surface area contributed by atoms with Crippen molar-refractivity contribution in [3.63, 3.8) is 0 Å². The fourth-order valence-corrected chi connectivity index (χ4v) is 0.873. The van der Waals surface area contributed by atoms with Gasteiger partial charge in [-0.15, -0.1) is 0 Å². The molecule has 0 bridgehead atoms. The maximum absolute atomic E-state index is 8.68. The van der Waals surface area contributed by atoms with Crippen molar-refractivity contribution in [3.8, 4) is 12.1 Å². The molecule has 4 nitrogen and oxygen atoms in total. The van der Waals surface area contributed by atoms with Crippen LogP contribution in [0.5, 0.6) is 0 Å². The first kappa shape index (κ1) is 9.02. The Labute approximate surface area is 76.4 Å². The van der Waals surface area contributed by atoms with Crippen LogP contribution in [0.25, 0.3) is 0 Å². The highest BCUT2D eigenvalue weighted by atomic mass is 15.0. The maximum atomic E-state index is 8.68. The van der Waals surface area contributed by atoms with Crippen LogP contribution in [0.2, 0.25) is 0 Å². The average Bonchev–Trinajstić information content (AvgIpc) is 2.19. The first-order chi connectivity index (χ1) is 6.38. The molecule has 0 amide bonds. The smallest absolute Gasteiger partial charge is 0.143 e. The number of nitriles is 2. The summed E-state index contributed by atoms with van der Waals surface area (Å²) < 4.78 is 0. The van der Waals surface area contributed by atoms with E-state index in [1.165, 1.54) is 0 Å². The zero-order chi connectivity index (χ0) is 9.52. The fraction of sp³-hybridized carbons (Fsp3) is 0.222. The van der Waals surface area contributed by atoms with Crippen LogP contribution in [0, 0.1) is 22.7 Å². The predicted molar refractivity (Wildman–Crippen MR) is 47.7 cm³/mol. The maximum Gasteiger partial charge on any atom is 0.143 e. The monoisotopic (exact) mass is 172 g/mol. The van der Waals surface area contributed by atoms with E-state index in [-0.39, 0.29) is 0 Å². The Balaban J connectivity index is 2.67. The largest absolute Gasteiger partial charge is 0.368 e. The van der Waals surface area contributed by atoms with Crippen LogP contribution in [0.3, 0.4) is 0 Å². The number of hydrogen-bond acceptors (Lipinski definition) is 4. The summed E-state index contributed by atoms with van der Waals surface area (Å²) in [5.74, 6) is 0.542. The lowest BCUT2D eigenvalue weighted by molar-refractivity contribution is 1.05. The molecule has 0 spiro atoms. The molecule has 0 unspecified atom stereocenters. The molecule has 13 heavy (non-hydrogen) atoms. The quantitative estimate of drug-likeness (QED) is 0.697. The topological polar surface area (TPSA) is 72.5 Å². The van der Waals surface area contributed by atoms with Gasteiger partial charge in [-0.2, -0.15) is 10.5 Å². The predicted octanol–water partition coefficient (Wildman–Crippen LogP) is 1.28. The second-order valence-electron chi connectivity index (χ2n) is 2.35. The molecule has 4 heteroatoms. The summed E-state index contributed by atoms with van der Waals surface area (Å²) in [6, 6.07) is 7.40. The van der Waals surface area contributed by atoms with E-state index >= 15 is 0 Å². The summed E-state index contributed by atoms with van der Waals surface area (Å²) in [4.78, 5) is 3.98. The molecule has 1 aromatic heterocycles. The van der Waals surface area contributed by atoms with Gasteiger partial charge in [0, 0.05) is 12.7 Å². The Bertz CT molecular complexity index is 359. The van der Waals surface area contributed by atoms with E-state index in [1.807, 2.05) is 12.1 Å². The number of nitrogens with zero attached hydrogens (tertiary/aromatic N) is 3. The van der Waals surface area contributed by atoms with Gasteiger partial charge in [0.2, 0.25) is 0 Å². The van der Waals surface area contributed by atoms with Gasteiger partial charge in [0.1, 0.15) is 11.9 Å². The van der Waals surface area contributed by atoms with Crippen molar-refractivity contribution in [2.75, 3.05) is 11.9 Å². The van der Waals surface area contributed by atoms with E-state index in [0.717, 1.165) is 0 Å². The SMILES string of the molecule is N#CCCNc1ncccc1C#N. The van der Waals surface area contributed by atoms with E-state index in [4.69, 9.17) is 10.5 Å². The fourth-order valence-electron chi connectivity index (χ4n) is 0.873. The molecule has 0 aromatic carbocycles. The number of nitrogens with one attached hydrogen (secondary N) is 1. The molecule has 0 aliphatic carbocycles. The molecule has 0 aliphatic rings. The summed E-state index contributed by atoms with van der Waals surface area (Å²) in [6.45, 7) is 0.516. The summed E-state index contributed by atoms with van der Waals surface area (Å²) >= 11 is 0. The van der Waals surface area contributed by atoms with Crippen molar-refractivity contribution in [1.29, 1.82) is 10.5 Å². The van der Waals surface area contributed by atoms with Crippen LogP contribution in [0.15, 0.2) is 18.3 Å². The van der Waals surface area contributed by atoms with Gasteiger partial charge >= 0.3 is 0 Å². The molecule has 0 atom stereocenters. The number of pyridine rings is 1. The van der Waals surface area contributed by atoms with E-state index in [1.54, 1.807) is 18.3 Å². The van der Waals surface area contributed by atoms with E-state index in [9.17, 15) is 0 Å². The molecule has 64 valence electrons. The van der Waals surface area contributed by atoms with Crippen molar-refractivity contribution in [1.82, 2.24) is 4.98 Å². The Morgan fingerprint density at radius 1 is 1.46 bits per heavy atom. The van der Waals surface area contributed by atoms with Gasteiger partial charge in [0.15, 0.2) is 0 Å². The Morgan fingerprint density at radius 2 is 2.31 bits per heavy atom. The van der Waals surface area contributed by atoms with Crippen LogP contribution in [-0.4, -0.2) is 11.5 Å². The standard InChI is InChI=1S/C9H8N4/c10-4-2-6-13-9-8(7-11)3-1-5-12-9/h1,3,5H,2,6H2,(H,12,13). The van der Waals surface area contributed by atoms with E-state index in [0.29, 0.717) is 24.3 Å². The third-order valence-electron chi connectivity index (χ3n) is 1.46. The normalized spacial score (nSPS) is 8.46. The minimum Gasteiger partial charge on any atom is -0.368 e. The Hall–Kier alpha value is -2.07. The number of rotatable bonds is 3. The van der Waals surface area contributed by atoms with Gasteiger partial charge in [-0.3, -0.25) is 0 Å². The summed E-state index contributed by atoms with van der Waals surface area (Å²) in [6.07, 6.45) is 2.01. The first-order valence-electron chi connectivity index (χ1n) is 3.84. The highest BCUT2D eigenvalue weighted by Gasteiger charge is 1.99. The zero-order valence-corrected chi connectivity index (χ0v) is 6.99. The average molecular weight is 172 g/mol. The number of aromatic nitrogens is 1. The van der Waals surface area contributed by atoms with E-state index in [2.05, 4.69) is 10.3 Å². The van der Waals surface area contributed by atoms with Crippen molar-refractivity contribution in [2.24, 2.45) is 0 Å². The molecule has 0 fully saturated rings. The molecule has 1 rings (SSSR count). The van der Waals surface area contributed by atoms with Gasteiger partial charge in [-0.25, -0.2) is 4.98 Å². The molecule has 1 heterocycles. The third kappa shape index (κ3) is 2.46. The summed E-state index contributed by atoms with van der Waals surface area (Å²) in [5, 5.41) is 19.9. The van der Waals surface area contributed by atoms with Gasteiger partial charge < -0.3 is 5.32 Å². The molecule has 0 saturated heterocycles. The minimum absolute atomic E-state index is 0.404. The second kappa shape index (κ2) is 4.74. The van der Waals surface area contributed by atoms with Crippen molar-refractivity contribution >= 4 is 5.82 Å². The summed E-state index contributed by atoms with van der Waals surface area (Å²) in [5.41, 5.74) is 0.500. The number of hydrogen-bond donors (Lipinski definition) is 1. The highest BCUT2D eigenvalue weighted by Crippen LogP contribution is 2.08. The van der Waals surface area contributed by atoms with Crippen LogP contribution in [0.1, 0.15) is 12.0 Å². The first-order valence-corrected chi connectivity index (χ1v) is 3.84. The van der Waals surface area contributed by atoms with Gasteiger partial charge in [-0.05, 0) is 12.1 Å². The summed E-state index contributed by atoms with van der Waals surface area (Å²) in [7, 11) is 0. The van der Waals surface area contributed by atoms with Gasteiger partial charge in [-0.1, -0.05) is 0 Å². The zero-order valence-electron chi connectivity index (χ0n) is 6.99. The minimum atomic E-state index is 0.404. The lowest BCUT2D eigenvalue weighted by Crippen LogP contribution is -2.03. The number of anilines is 1. The van der Waals surface area contributed by atoms with Crippen molar-refractivity contribution in [3.05, 3.63) is 23.9 Å². The van der Waals surface area contributed by atoms with E-state index < -0.39 is 0 Å². The molecular weight excluding hydrogens is 164 g/mol. The van der Waals surface area contributed by atoms with Crippen LogP contribution in [-0.2, 0) is 0 Å². The molecule has 0 aliphatic heterocycles. The molecule has 0 radical (unpaired) electrons. The second-order valence-corrected chi connectivity index (χ2v) is 2.35.